The van der Waals surface area contributed by atoms with Crippen LogP contribution in [0, 0.1) is 18.7 Å². The Morgan fingerprint density at radius 3 is 2.36 bits per heavy atom. The predicted octanol–water partition coefficient (Wildman–Crippen LogP) is 3.86. The fraction of sp³-hybridized carbons (Fsp3) is 0.323. The van der Waals surface area contributed by atoms with Crippen LogP contribution in [0.4, 0.5) is 4.39 Å². The number of nitrogens with one attached hydrogen (secondary N) is 1. The van der Waals surface area contributed by atoms with E-state index in [0.29, 0.717) is 54.7 Å². The zero-order chi connectivity index (χ0) is 27.4. The molecule has 2 amide bonds. The largest absolute Gasteiger partial charge is 0.457 e. The third-order valence-electron chi connectivity index (χ3n) is 7.25. The van der Waals surface area contributed by atoms with E-state index in [2.05, 4.69) is 16.4 Å². The van der Waals surface area contributed by atoms with E-state index in [0.717, 1.165) is 35.5 Å². The highest BCUT2D eigenvalue weighted by Gasteiger charge is 2.25. The number of nitrogens with zero attached hydrogens (tertiary/aromatic N) is 3. The number of fused-ring (bicyclic) bond motifs is 1. The Bertz CT molecular complexity index is 1460. The Hall–Kier alpha value is -4.20. The van der Waals surface area contributed by atoms with Crippen LogP contribution in [0.5, 0.6) is 11.5 Å². The molecule has 1 N–H and O–H groups in total. The number of amides is 2. The summed E-state index contributed by atoms with van der Waals surface area (Å²) in [5.74, 6) is 1.24. The summed E-state index contributed by atoms with van der Waals surface area (Å²) in [5.41, 5.74) is 2.24. The van der Waals surface area contributed by atoms with Gasteiger partial charge in [0.05, 0.1) is 11.9 Å². The molecule has 202 valence electrons. The summed E-state index contributed by atoms with van der Waals surface area (Å²) in [6, 6.07) is 16.8. The molecule has 0 atom stereocenters. The van der Waals surface area contributed by atoms with Gasteiger partial charge in [0.15, 0.2) is 0 Å². The van der Waals surface area contributed by atoms with Crippen molar-refractivity contribution in [2.75, 3.05) is 32.7 Å². The van der Waals surface area contributed by atoms with Crippen molar-refractivity contribution in [2.24, 2.45) is 11.0 Å². The summed E-state index contributed by atoms with van der Waals surface area (Å²) < 4.78 is 18.8. The quantitative estimate of drug-likeness (QED) is 0.506. The van der Waals surface area contributed by atoms with Gasteiger partial charge in [0.2, 0.25) is 0 Å². The normalized spacial score (nSPS) is 15.2. The van der Waals surface area contributed by atoms with Gasteiger partial charge in [-0.25, -0.2) is 4.39 Å². The molecular formula is C31H33FN4O3. The molecule has 1 fully saturated rings. The lowest BCUT2D eigenvalue weighted by molar-refractivity contribution is 0.0670. The van der Waals surface area contributed by atoms with Crippen LogP contribution in [0.15, 0.2) is 65.8 Å². The van der Waals surface area contributed by atoms with Crippen LogP contribution in [-0.2, 0) is 0 Å². The summed E-state index contributed by atoms with van der Waals surface area (Å²) in [6.07, 6.45) is 3.98. The van der Waals surface area contributed by atoms with E-state index < -0.39 is 0 Å². The van der Waals surface area contributed by atoms with Gasteiger partial charge in [-0.1, -0.05) is 6.08 Å². The molecule has 0 aliphatic carbocycles. The molecule has 0 radical (unpaired) electrons. The highest BCUT2D eigenvalue weighted by atomic mass is 19.1. The minimum Gasteiger partial charge on any atom is -0.457 e. The lowest BCUT2D eigenvalue weighted by atomic mass is 9.96. The lowest BCUT2D eigenvalue weighted by Gasteiger charge is -2.34. The van der Waals surface area contributed by atoms with Crippen molar-refractivity contribution in [3.8, 4) is 11.5 Å². The first-order valence-electron chi connectivity index (χ1n) is 13.4. The number of hydrogen-bond acceptors (Lipinski definition) is 5. The van der Waals surface area contributed by atoms with Gasteiger partial charge in [0, 0.05) is 42.5 Å². The van der Waals surface area contributed by atoms with Crippen LogP contribution >= 0.6 is 0 Å². The highest BCUT2D eigenvalue weighted by Crippen LogP contribution is 2.24. The van der Waals surface area contributed by atoms with E-state index in [1.807, 2.05) is 30.9 Å². The summed E-state index contributed by atoms with van der Waals surface area (Å²) in [6.45, 7) is 7.42. The maximum Gasteiger partial charge on any atom is 0.253 e. The monoisotopic (exact) mass is 528 g/mol. The Balaban J connectivity index is 1.14. The highest BCUT2D eigenvalue weighted by molar-refractivity contribution is 5.95. The first-order valence-corrected chi connectivity index (χ1v) is 13.4. The molecule has 2 heterocycles. The van der Waals surface area contributed by atoms with Gasteiger partial charge in [-0.2, -0.15) is 5.10 Å². The second-order valence-electron chi connectivity index (χ2n) is 10.1. The van der Waals surface area contributed by atoms with Crippen molar-refractivity contribution in [3.63, 3.8) is 0 Å². The third-order valence-corrected chi connectivity index (χ3v) is 7.25. The van der Waals surface area contributed by atoms with Crippen molar-refractivity contribution >= 4 is 17.9 Å². The van der Waals surface area contributed by atoms with Crippen LogP contribution < -0.4 is 20.6 Å². The van der Waals surface area contributed by atoms with Crippen LogP contribution in [0.1, 0.15) is 46.0 Å². The van der Waals surface area contributed by atoms with Gasteiger partial charge in [0.25, 0.3) is 11.8 Å². The smallest absolute Gasteiger partial charge is 0.253 e. The van der Waals surface area contributed by atoms with Gasteiger partial charge in [0.1, 0.15) is 17.3 Å². The summed E-state index contributed by atoms with van der Waals surface area (Å²) in [5, 5.41) is 11.7. The number of halogens is 1. The van der Waals surface area contributed by atoms with Crippen LogP contribution in [0.2, 0.25) is 0 Å². The average molecular weight is 529 g/mol. The van der Waals surface area contributed by atoms with Crippen LogP contribution in [-0.4, -0.2) is 54.4 Å². The molecule has 5 rings (SSSR count). The zero-order valence-electron chi connectivity index (χ0n) is 22.3. The number of carbonyl (C=O) groups excluding carboxylic acids is 2. The molecular weight excluding hydrogens is 495 g/mol. The molecule has 3 aromatic rings. The zero-order valence-corrected chi connectivity index (χ0v) is 22.3. The van der Waals surface area contributed by atoms with E-state index in [1.54, 1.807) is 36.4 Å². The number of likely N-dealkylation sites (tertiary alicyclic amines) is 1. The molecule has 39 heavy (non-hydrogen) atoms. The summed E-state index contributed by atoms with van der Waals surface area (Å²) in [7, 11) is 0. The number of hydrogen-bond donors (Lipinski definition) is 1. The number of carbonyl (C=O) groups is 2. The Kier molecular flexibility index (Phi) is 7.91. The topological polar surface area (TPSA) is 74.2 Å². The first-order chi connectivity index (χ1) is 18.9. The number of rotatable bonds is 7. The molecule has 0 bridgehead atoms. The van der Waals surface area contributed by atoms with Gasteiger partial charge in [-0.15, -0.1) is 0 Å². The van der Waals surface area contributed by atoms with Gasteiger partial charge >= 0.3 is 0 Å². The van der Waals surface area contributed by atoms with E-state index >= 15 is 0 Å². The molecule has 8 heteroatoms. The number of ether oxygens (including phenoxy) is 1. The fourth-order valence-corrected chi connectivity index (χ4v) is 5.08. The van der Waals surface area contributed by atoms with Crippen molar-refractivity contribution in [1.29, 1.82) is 0 Å². The molecule has 2 aliphatic rings. The Labute approximate surface area is 227 Å². The molecule has 0 aromatic heterocycles. The van der Waals surface area contributed by atoms with Crippen LogP contribution in [0.25, 0.3) is 6.08 Å². The molecule has 0 spiro atoms. The molecule has 3 aromatic carbocycles. The first kappa shape index (κ1) is 26.4. The van der Waals surface area contributed by atoms with Gasteiger partial charge in [-0.3, -0.25) is 14.6 Å². The standard InChI is InChI=1S/C31H33FN4O3/c1-3-33-30(37)28-19-24-14-17-36(34-29(24)18-21(28)2)20-22-12-15-35(16-13-22)31(38)23-4-8-26(9-5-23)39-27-10-6-25(32)7-11-27/h4-11,14,18-19,22H,3,12-13,15-17,20H2,1-2H3,(H,33,37). The van der Waals surface area contributed by atoms with E-state index in [9.17, 15) is 14.0 Å². The number of piperidine rings is 1. The molecule has 7 nitrogen and oxygen atoms in total. The van der Waals surface area contributed by atoms with E-state index in [-0.39, 0.29) is 17.6 Å². The fourth-order valence-electron chi connectivity index (χ4n) is 5.08. The Morgan fingerprint density at radius 2 is 1.69 bits per heavy atom. The van der Waals surface area contributed by atoms with Gasteiger partial charge in [-0.05, 0) is 98.8 Å². The second kappa shape index (κ2) is 11.7. The van der Waals surface area contributed by atoms with Crippen LogP contribution in [0.3, 0.4) is 0 Å². The van der Waals surface area contributed by atoms with E-state index in [4.69, 9.17) is 9.84 Å². The molecule has 0 unspecified atom stereocenters. The predicted molar refractivity (Wildman–Crippen MR) is 148 cm³/mol. The maximum atomic E-state index is 13.1. The summed E-state index contributed by atoms with van der Waals surface area (Å²) >= 11 is 0. The Morgan fingerprint density at radius 1 is 1.03 bits per heavy atom. The summed E-state index contributed by atoms with van der Waals surface area (Å²) in [4.78, 5) is 27.3. The number of aryl methyl sites for hydroxylation is 1. The van der Waals surface area contributed by atoms with Crippen molar-refractivity contribution in [2.45, 2.75) is 26.7 Å². The maximum absolute atomic E-state index is 13.1. The number of benzene rings is 3. The van der Waals surface area contributed by atoms with E-state index in [1.165, 1.54) is 12.1 Å². The molecule has 2 aliphatic heterocycles. The third kappa shape index (κ3) is 6.28. The molecule has 1 saturated heterocycles. The average Bonchev–Trinajstić information content (AvgIpc) is 2.94. The minimum atomic E-state index is -0.316. The van der Waals surface area contributed by atoms with Crippen molar-refractivity contribution < 1.29 is 18.7 Å². The van der Waals surface area contributed by atoms with Crippen molar-refractivity contribution in [1.82, 2.24) is 15.2 Å². The van der Waals surface area contributed by atoms with Crippen molar-refractivity contribution in [3.05, 3.63) is 93.7 Å². The minimum absolute atomic E-state index is 0.0186. The molecule has 0 saturated carbocycles. The second-order valence-corrected chi connectivity index (χ2v) is 10.1. The lowest BCUT2D eigenvalue weighted by Crippen LogP contribution is -2.43. The SMILES string of the molecule is CCNC(=O)c1cc2c(cc1C)=NN(CC1CCN(C(=O)c3ccc(Oc4ccc(F)cc4)cc3)CC1)CC=2. The van der Waals surface area contributed by atoms with Gasteiger partial charge < -0.3 is 15.0 Å².